The summed E-state index contributed by atoms with van der Waals surface area (Å²) in [5.41, 5.74) is 6.63. The molecule has 0 aliphatic heterocycles. The Morgan fingerprint density at radius 2 is 1.91 bits per heavy atom. The lowest BCUT2D eigenvalue weighted by Gasteiger charge is -2.11. The lowest BCUT2D eigenvalue weighted by molar-refractivity contribution is 0.102. The molecule has 0 unspecified atom stereocenters. The molecule has 1 amide bonds. The summed E-state index contributed by atoms with van der Waals surface area (Å²) in [7, 11) is 0. The fraction of sp³-hybridized carbons (Fsp3) is 0.269. The van der Waals surface area contributed by atoms with E-state index in [1.807, 2.05) is 61.3 Å². The van der Waals surface area contributed by atoms with Crippen molar-refractivity contribution in [3.05, 3.63) is 94.6 Å². The van der Waals surface area contributed by atoms with Crippen LogP contribution in [-0.2, 0) is 19.7 Å². The Labute approximate surface area is 194 Å². The third-order valence-electron chi connectivity index (χ3n) is 5.65. The van der Waals surface area contributed by atoms with Gasteiger partial charge >= 0.3 is 0 Å². The molecule has 0 aliphatic rings. The normalized spacial score (nSPS) is 10.9. The van der Waals surface area contributed by atoms with E-state index < -0.39 is 0 Å². The summed E-state index contributed by atoms with van der Waals surface area (Å²) in [6, 6.07) is 13.6. The number of carbonyl (C=O) groups excluding carboxylic acids is 1. The molecule has 0 saturated heterocycles. The zero-order valence-electron chi connectivity index (χ0n) is 19.5. The molecule has 7 heteroatoms. The van der Waals surface area contributed by atoms with Gasteiger partial charge in [-0.15, -0.1) is 0 Å². The van der Waals surface area contributed by atoms with E-state index >= 15 is 0 Å². The highest BCUT2D eigenvalue weighted by atomic mass is 16.5. The molecule has 0 fully saturated rings. The summed E-state index contributed by atoms with van der Waals surface area (Å²) in [4.78, 5) is 12.8. The molecule has 4 aromatic rings. The van der Waals surface area contributed by atoms with Gasteiger partial charge in [-0.25, -0.2) is 0 Å². The number of anilines is 1. The van der Waals surface area contributed by atoms with E-state index in [-0.39, 0.29) is 5.91 Å². The van der Waals surface area contributed by atoms with Gasteiger partial charge in [-0.1, -0.05) is 24.3 Å². The molecule has 2 aromatic heterocycles. The van der Waals surface area contributed by atoms with Crippen LogP contribution < -0.4 is 10.1 Å². The van der Waals surface area contributed by atoms with E-state index in [0.717, 1.165) is 40.2 Å². The number of amides is 1. The third kappa shape index (κ3) is 5.31. The lowest BCUT2D eigenvalue weighted by Crippen LogP contribution is -2.12. The van der Waals surface area contributed by atoms with Gasteiger partial charge in [0.05, 0.1) is 24.6 Å². The van der Waals surface area contributed by atoms with Gasteiger partial charge in [0.2, 0.25) is 0 Å². The Morgan fingerprint density at radius 3 is 2.70 bits per heavy atom. The summed E-state index contributed by atoms with van der Waals surface area (Å²) < 4.78 is 9.74. The van der Waals surface area contributed by atoms with Gasteiger partial charge < -0.3 is 10.1 Å². The number of rotatable bonds is 8. The second-order valence-corrected chi connectivity index (χ2v) is 8.21. The highest BCUT2D eigenvalue weighted by Crippen LogP contribution is 2.21. The van der Waals surface area contributed by atoms with Crippen molar-refractivity contribution in [2.75, 3.05) is 5.32 Å². The minimum absolute atomic E-state index is 0.182. The molecule has 0 saturated carbocycles. The van der Waals surface area contributed by atoms with E-state index in [1.54, 1.807) is 16.9 Å². The maximum atomic E-state index is 12.8. The zero-order valence-corrected chi connectivity index (χ0v) is 19.5. The van der Waals surface area contributed by atoms with E-state index in [1.165, 1.54) is 0 Å². The largest absolute Gasteiger partial charge is 0.489 e. The van der Waals surface area contributed by atoms with Gasteiger partial charge in [-0.2, -0.15) is 10.2 Å². The summed E-state index contributed by atoms with van der Waals surface area (Å²) in [6.45, 7) is 10.0. The molecule has 7 nitrogen and oxygen atoms in total. The first kappa shape index (κ1) is 22.3. The summed E-state index contributed by atoms with van der Waals surface area (Å²) in [5.74, 6) is 0.676. The highest BCUT2D eigenvalue weighted by molar-refractivity contribution is 6.04. The predicted molar refractivity (Wildman–Crippen MR) is 129 cm³/mol. The quantitative estimate of drug-likeness (QED) is 0.420. The second kappa shape index (κ2) is 9.73. The van der Waals surface area contributed by atoms with Crippen molar-refractivity contribution in [2.45, 2.75) is 47.4 Å². The van der Waals surface area contributed by atoms with Crippen LogP contribution in [-0.4, -0.2) is 25.5 Å². The molecule has 2 heterocycles. The van der Waals surface area contributed by atoms with Crippen LogP contribution in [0.3, 0.4) is 0 Å². The minimum Gasteiger partial charge on any atom is -0.489 e. The molecule has 0 bridgehead atoms. The first-order valence-electron chi connectivity index (χ1n) is 11.1. The average Bonchev–Trinajstić information content (AvgIpc) is 3.40. The Balaban J connectivity index is 1.39. The fourth-order valence-electron chi connectivity index (χ4n) is 3.68. The SMILES string of the molecule is CCn1ncc(Cn2cc(NC(=O)c3cccc(COc4cc(C)ccc4C)c3)cn2)c1C. The van der Waals surface area contributed by atoms with Gasteiger partial charge in [-0.3, -0.25) is 14.2 Å². The van der Waals surface area contributed by atoms with Gasteiger partial charge in [-0.05, 0) is 62.6 Å². The van der Waals surface area contributed by atoms with Crippen molar-refractivity contribution in [2.24, 2.45) is 0 Å². The van der Waals surface area contributed by atoms with Gasteiger partial charge in [0.15, 0.2) is 0 Å². The maximum absolute atomic E-state index is 12.8. The molecule has 0 radical (unpaired) electrons. The Morgan fingerprint density at radius 1 is 1.06 bits per heavy atom. The summed E-state index contributed by atoms with van der Waals surface area (Å²) >= 11 is 0. The molecule has 0 spiro atoms. The number of hydrogen-bond donors (Lipinski definition) is 1. The number of nitrogens with zero attached hydrogens (tertiary/aromatic N) is 4. The number of nitrogens with one attached hydrogen (secondary N) is 1. The molecule has 170 valence electrons. The number of aromatic nitrogens is 4. The lowest BCUT2D eigenvalue weighted by atomic mass is 10.1. The van der Waals surface area contributed by atoms with E-state index in [2.05, 4.69) is 35.4 Å². The Bertz CT molecular complexity index is 1270. The molecule has 2 aromatic carbocycles. The molecule has 1 N–H and O–H groups in total. The van der Waals surface area contributed by atoms with E-state index in [4.69, 9.17) is 4.74 Å². The van der Waals surface area contributed by atoms with Crippen molar-refractivity contribution < 1.29 is 9.53 Å². The molecule has 0 aliphatic carbocycles. The van der Waals surface area contributed by atoms with Crippen LogP contribution in [0.4, 0.5) is 5.69 Å². The number of ether oxygens (including phenoxy) is 1. The van der Waals surface area contributed by atoms with Crippen molar-refractivity contribution in [3.8, 4) is 5.75 Å². The molecule has 33 heavy (non-hydrogen) atoms. The van der Waals surface area contributed by atoms with Crippen molar-refractivity contribution in [1.29, 1.82) is 0 Å². The first-order valence-corrected chi connectivity index (χ1v) is 11.1. The van der Waals surface area contributed by atoms with Crippen LogP contribution in [0, 0.1) is 20.8 Å². The van der Waals surface area contributed by atoms with Crippen LogP contribution in [0.5, 0.6) is 5.75 Å². The topological polar surface area (TPSA) is 74.0 Å². The standard InChI is InChI=1S/C26H29N5O2/c1-5-31-20(4)23(13-28-31)15-30-16-24(14-27-30)29-26(32)22-8-6-7-21(12-22)17-33-25-11-18(2)9-10-19(25)3/h6-14,16H,5,15,17H2,1-4H3,(H,29,32). The summed E-state index contributed by atoms with van der Waals surface area (Å²) in [6.07, 6.45) is 5.35. The molecular formula is C26H29N5O2. The highest BCUT2D eigenvalue weighted by Gasteiger charge is 2.11. The Kier molecular flexibility index (Phi) is 6.58. The van der Waals surface area contributed by atoms with Crippen LogP contribution in [0.15, 0.2) is 61.1 Å². The zero-order chi connectivity index (χ0) is 23.4. The van der Waals surface area contributed by atoms with Gasteiger partial charge in [0.25, 0.3) is 5.91 Å². The van der Waals surface area contributed by atoms with Crippen molar-refractivity contribution in [1.82, 2.24) is 19.6 Å². The second-order valence-electron chi connectivity index (χ2n) is 8.21. The molecular weight excluding hydrogens is 414 g/mol. The molecule has 0 atom stereocenters. The van der Waals surface area contributed by atoms with Crippen molar-refractivity contribution in [3.63, 3.8) is 0 Å². The van der Waals surface area contributed by atoms with Crippen LogP contribution >= 0.6 is 0 Å². The third-order valence-corrected chi connectivity index (χ3v) is 5.65. The van der Waals surface area contributed by atoms with Crippen LogP contribution in [0.2, 0.25) is 0 Å². The Hall–Kier alpha value is -3.87. The van der Waals surface area contributed by atoms with E-state index in [9.17, 15) is 4.79 Å². The average molecular weight is 444 g/mol. The van der Waals surface area contributed by atoms with Crippen LogP contribution in [0.25, 0.3) is 0 Å². The molecule has 4 rings (SSSR count). The maximum Gasteiger partial charge on any atom is 0.255 e. The summed E-state index contributed by atoms with van der Waals surface area (Å²) in [5, 5.41) is 11.7. The van der Waals surface area contributed by atoms with Crippen molar-refractivity contribution >= 4 is 11.6 Å². The van der Waals surface area contributed by atoms with Crippen LogP contribution in [0.1, 0.15) is 45.2 Å². The fourth-order valence-corrected chi connectivity index (χ4v) is 3.68. The first-order chi connectivity index (χ1) is 15.9. The monoisotopic (exact) mass is 443 g/mol. The number of benzene rings is 2. The number of carbonyl (C=O) groups is 1. The minimum atomic E-state index is -0.182. The van der Waals surface area contributed by atoms with E-state index in [0.29, 0.717) is 24.4 Å². The van der Waals surface area contributed by atoms with Gasteiger partial charge in [0.1, 0.15) is 12.4 Å². The number of aryl methyl sites for hydroxylation is 3. The smallest absolute Gasteiger partial charge is 0.255 e. The number of hydrogen-bond acceptors (Lipinski definition) is 4. The van der Waals surface area contributed by atoms with Gasteiger partial charge in [0, 0.05) is 29.6 Å². The predicted octanol–water partition coefficient (Wildman–Crippen LogP) is 4.90.